The third kappa shape index (κ3) is 2.67. The molecule has 4 nitrogen and oxygen atoms in total. The SMILES string of the molecule is COc1cc(C)sc1C(=O)NC1CCCC1CN. The minimum atomic E-state index is -0.0321. The lowest BCUT2D eigenvalue weighted by Gasteiger charge is -2.19. The first-order valence-corrected chi connectivity index (χ1v) is 7.12. The van der Waals surface area contributed by atoms with E-state index in [1.807, 2.05) is 13.0 Å². The molecule has 0 aliphatic heterocycles. The van der Waals surface area contributed by atoms with Crippen LogP contribution < -0.4 is 15.8 Å². The molecule has 1 aliphatic carbocycles. The number of thiophene rings is 1. The normalized spacial score (nSPS) is 23.1. The van der Waals surface area contributed by atoms with E-state index < -0.39 is 0 Å². The van der Waals surface area contributed by atoms with Crippen molar-refractivity contribution in [2.45, 2.75) is 32.2 Å². The topological polar surface area (TPSA) is 64.3 Å². The summed E-state index contributed by atoms with van der Waals surface area (Å²) >= 11 is 1.47. The average molecular weight is 268 g/mol. The van der Waals surface area contributed by atoms with Crippen molar-refractivity contribution in [2.75, 3.05) is 13.7 Å². The molecule has 5 heteroatoms. The molecule has 100 valence electrons. The first kappa shape index (κ1) is 13.4. The first-order valence-electron chi connectivity index (χ1n) is 6.31. The van der Waals surface area contributed by atoms with Crippen molar-refractivity contribution in [3.05, 3.63) is 15.8 Å². The van der Waals surface area contributed by atoms with Gasteiger partial charge in [0.1, 0.15) is 10.6 Å². The van der Waals surface area contributed by atoms with Crippen molar-refractivity contribution in [1.29, 1.82) is 0 Å². The monoisotopic (exact) mass is 268 g/mol. The second-order valence-electron chi connectivity index (χ2n) is 4.76. The molecule has 2 unspecified atom stereocenters. The van der Waals surface area contributed by atoms with Gasteiger partial charge in [-0.15, -0.1) is 11.3 Å². The smallest absolute Gasteiger partial charge is 0.265 e. The summed E-state index contributed by atoms with van der Waals surface area (Å²) in [5.74, 6) is 1.05. The standard InChI is InChI=1S/C13H20N2O2S/c1-8-6-11(17-2)12(18-8)13(16)15-10-5-3-4-9(10)7-14/h6,9-10H,3-5,7,14H2,1-2H3,(H,15,16). The molecule has 1 aromatic heterocycles. The minimum Gasteiger partial charge on any atom is -0.495 e. The first-order chi connectivity index (χ1) is 8.65. The number of amides is 1. The molecule has 1 aromatic rings. The van der Waals surface area contributed by atoms with Crippen LogP contribution in [0.5, 0.6) is 5.75 Å². The zero-order chi connectivity index (χ0) is 13.1. The number of rotatable bonds is 4. The molecule has 0 saturated heterocycles. The lowest BCUT2D eigenvalue weighted by molar-refractivity contribution is 0.0930. The number of methoxy groups -OCH3 is 1. The molecular formula is C13H20N2O2S. The van der Waals surface area contributed by atoms with E-state index in [4.69, 9.17) is 10.5 Å². The van der Waals surface area contributed by atoms with Crippen molar-refractivity contribution in [3.8, 4) is 5.75 Å². The number of carbonyl (C=O) groups excluding carboxylic acids is 1. The zero-order valence-electron chi connectivity index (χ0n) is 10.9. The molecule has 2 atom stereocenters. The lowest BCUT2D eigenvalue weighted by Crippen LogP contribution is -2.39. The fourth-order valence-electron chi connectivity index (χ4n) is 2.54. The molecule has 3 N–H and O–H groups in total. The van der Waals surface area contributed by atoms with Crippen molar-refractivity contribution in [2.24, 2.45) is 11.7 Å². The number of hydrogen-bond acceptors (Lipinski definition) is 4. The van der Waals surface area contributed by atoms with Crippen LogP contribution in [0.1, 0.15) is 33.8 Å². The molecule has 0 aromatic carbocycles. The Bertz CT molecular complexity index is 431. The molecule has 0 bridgehead atoms. The van der Waals surface area contributed by atoms with E-state index >= 15 is 0 Å². The molecule has 1 aliphatic rings. The van der Waals surface area contributed by atoms with E-state index in [0.29, 0.717) is 23.1 Å². The summed E-state index contributed by atoms with van der Waals surface area (Å²) in [5.41, 5.74) is 5.73. The van der Waals surface area contributed by atoms with Crippen LogP contribution in [-0.4, -0.2) is 25.6 Å². The van der Waals surface area contributed by atoms with Gasteiger partial charge in [0.25, 0.3) is 5.91 Å². The molecule has 2 rings (SSSR count). The molecule has 18 heavy (non-hydrogen) atoms. The number of nitrogens with one attached hydrogen (secondary N) is 1. The Labute approximate surface area is 112 Å². The van der Waals surface area contributed by atoms with Crippen LogP contribution in [0.3, 0.4) is 0 Å². The van der Waals surface area contributed by atoms with E-state index in [9.17, 15) is 4.79 Å². The second-order valence-corrected chi connectivity index (χ2v) is 6.02. The van der Waals surface area contributed by atoms with E-state index in [0.717, 1.165) is 24.1 Å². The van der Waals surface area contributed by atoms with E-state index in [1.54, 1.807) is 7.11 Å². The number of carbonyl (C=O) groups is 1. The zero-order valence-corrected chi connectivity index (χ0v) is 11.7. The Morgan fingerprint density at radius 3 is 3.06 bits per heavy atom. The quantitative estimate of drug-likeness (QED) is 0.877. The molecule has 1 fully saturated rings. The summed E-state index contributed by atoms with van der Waals surface area (Å²) in [6.45, 7) is 2.62. The number of aryl methyl sites for hydroxylation is 1. The summed E-state index contributed by atoms with van der Waals surface area (Å²) in [7, 11) is 1.59. The predicted octanol–water partition coefficient (Wildman–Crippen LogP) is 1.92. The van der Waals surface area contributed by atoms with Gasteiger partial charge in [-0.2, -0.15) is 0 Å². The van der Waals surface area contributed by atoms with Crippen molar-refractivity contribution in [1.82, 2.24) is 5.32 Å². The van der Waals surface area contributed by atoms with Gasteiger partial charge in [0.05, 0.1) is 7.11 Å². The predicted molar refractivity (Wildman–Crippen MR) is 73.3 cm³/mol. The Hall–Kier alpha value is -1.07. The maximum Gasteiger partial charge on any atom is 0.265 e. The highest BCUT2D eigenvalue weighted by atomic mass is 32.1. The van der Waals surface area contributed by atoms with Crippen molar-refractivity contribution < 1.29 is 9.53 Å². The van der Waals surface area contributed by atoms with Gasteiger partial charge in [0.15, 0.2) is 0 Å². The van der Waals surface area contributed by atoms with Crippen LogP contribution >= 0.6 is 11.3 Å². The number of nitrogens with two attached hydrogens (primary N) is 1. The van der Waals surface area contributed by atoms with Gasteiger partial charge in [-0.3, -0.25) is 4.79 Å². The minimum absolute atomic E-state index is 0.0321. The van der Waals surface area contributed by atoms with Crippen LogP contribution in [0.15, 0.2) is 6.07 Å². The van der Waals surface area contributed by atoms with Crippen LogP contribution in [0, 0.1) is 12.8 Å². The van der Waals surface area contributed by atoms with Crippen LogP contribution in [0.2, 0.25) is 0 Å². The van der Waals surface area contributed by atoms with Gasteiger partial charge in [-0.05, 0) is 38.3 Å². The maximum atomic E-state index is 12.2. The van der Waals surface area contributed by atoms with Gasteiger partial charge >= 0.3 is 0 Å². The highest BCUT2D eigenvalue weighted by molar-refractivity contribution is 7.14. The maximum absolute atomic E-state index is 12.2. The average Bonchev–Trinajstić information content (AvgIpc) is 2.94. The summed E-state index contributed by atoms with van der Waals surface area (Å²) in [6, 6.07) is 2.11. The number of ether oxygens (including phenoxy) is 1. The summed E-state index contributed by atoms with van der Waals surface area (Å²) in [5, 5.41) is 3.10. The Morgan fingerprint density at radius 1 is 1.61 bits per heavy atom. The lowest BCUT2D eigenvalue weighted by atomic mass is 10.0. The Kier molecular flexibility index (Phi) is 4.24. The Morgan fingerprint density at radius 2 is 2.39 bits per heavy atom. The third-order valence-electron chi connectivity index (χ3n) is 3.53. The summed E-state index contributed by atoms with van der Waals surface area (Å²) in [4.78, 5) is 14.0. The molecule has 1 saturated carbocycles. The molecule has 0 radical (unpaired) electrons. The highest BCUT2D eigenvalue weighted by Gasteiger charge is 2.28. The highest BCUT2D eigenvalue weighted by Crippen LogP contribution is 2.30. The van der Waals surface area contributed by atoms with Crippen molar-refractivity contribution >= 4 is 17.2 Å². The summed E-state index contributed by atoms with van der Waals surface area (Å²) in [6.07, 6.45) is 3.29. The van der Waals surface area contributed by atoms with Crippen LogP contribution in [-0.2, 0) is 0 Å². The fraction of sp³-hybridized carbons (Fsp3) is 0.615. The van der Waals surface area contributed by atoms with E-state index in [2.05, 4.69) is 5.32 Å². The number of hydrogen-bond donors (Lipinski definition) is 2. The summed E-state index contributed by atoms with van der Waals surface area (Å²) < 4.78 is 5.23. The third-order valence-corrected chi connectivity index (χ3v) is 4.56. The molecule has 0 spiro atoms. The van der Waals surface area contributed by atoms with Gasteiger partial charge in [-0.25, -0.2) is 0 Å². The van der Waals surface area contributed by atoms with Gasteiger partial charge < -0.3 is 15.8 Å². The fourth-order valence-corrected chi connectivity index (χ4v) is 3.43. The van der Waals surface area contributed by atoms with Crippen molar-refractivity contribution in [3.63, 3.8) is 0 Å². The van der Waals surface area contributed by atoms with Gasteiger partial charge in [0.2, 0.25) is 0 Å². The second kappa shape index (κ2) is 5.71. The van der Waals surface area contributed by atoms with Gasteiger partial charge in [0, 0.05) is 10.9 Å². The molecular weight excluding hydrogens is 248 g/mol. The molecule has 1 amide bonds. The van der Waals surface area contributed by atoms with Gasteiger partial charge in [-0.1, -0.05) is 6.42 Å². The molecule has 1 heterocycles. The van der Waals surface area contributed by atoms with E-state index in [-0.39, 0.29) is 11.9 Å². The largest absolute Gasteiger partial charge is 0.495 e. The van der Waals surface area contributed by atoms with E-state index in [1.165, 1.54) is 11.3 Å². The van der Waals surface area contributed by atoms with Crippen LogP contribution in [0.4, 0.5) is 0 Å². The Balaban J connectivity index is 2.07. The van der Waals surface area contributed by atoms with Crippen LogP contribution in [0.25, 0.3) is 0 Å².